The molecule has 2 fully saturated rings. The first-order valence-corrected chi connectivity index (χ1v) is 6.55. The van der Waals surface area contributed by atoms with Crippen LogP contribution in [-0.2, 0) is 9.47 Å². The highest BCUT2D eigenvalue weighted by molar-refractivity contribution is 4.92. The van der Waals surface area contributed by atoms with Crippen molar-refractivity contribution in [3.63, 3.8) is 0 Å². The molecule has 2 rings (SSSR count). The number of rotatable bonds is 3. The fourth-order valence-electron chi connectivity index (χ4n) is 2.88. The summed E-state index contributed by atoms with van der Waals surface area (Å²) in [5.74, 6) is 0. The largest absolute Gasteiger partial charge is 0.381 e. The van der Waals surface area contributed by atoms with E-state index in [0.717, 1.165) is 52.0 Å². The smallest absolute Gasteiger partial charge is 0.0741 e. The predicted octanol–water partition coefficient (Wildman–Crippen LogP) is 1.56. The molecule has 0 bridgehead atoms. The highest BCUT2D eigenvalue weighted by Gasteiger charge is 2.39. The van der Waals surface area contributed by atoms with Gasteiger partial charge in [0.25, 0.3) is 0 Å². The van der Waals surface area contributed by atoms with E-state index < -0.39 is 0 Å². The molecule has 4 nitrogen and oxygen atoms in total. The number of hydrogen-bond donors (Lipinski definition) is 0. The molecule has 0 saturated carbocycles. The third kappa shape index (κ3) is 3.19. The molecular formula is C13H22N2O2. The lowest BCUT2D eigenvalue weighted by atomic mass is 9.83. The van der Waals surface area contributed by atoms with Crippen molar-refractivity contribution in [2.75, 3.05) is 33.4 Å². The van der Waals surface area contributed by atoms with Crippen molar-refractivity contribution in [2.24, 2.45) is 0 Å². The van der Waals surface area contributed by atoms with Gasteiger partial charge in [0.15, 0.2) is 0 Å². The van der Waals surface area contributed by atoms with E-state index in [1.165, 1.54) is 0 Å². The summed E-state index contributed by atoms with van der Waals surface area (Å²) in [4.78, 5) is 2.32. The minimum absolute atomic E-state index is 0.0576. The van der Waals surface area contributed by atoms with Crippen LogP contribution >= 0.6 is 0 Å². The third-order valence-electron chi connectivity index (χ3n) is 4.07. The molecule has 2 aliphatic rings. The van der Waals surface area contributed by atoms with E-state index in [-0.39, 0.29) is 5.60 Å². The minimum atomic E-state index is 0.0576. The Morgan fingerprint density at radius 2 is 2.12 bits per heavy atom. The fourth-order valence-corrected chi connectivity index (χ4v) is 2.88. The molecule has 0 aromatic heterocycles. The molecule has 96 valence electrons. The zero-order valence-corrected chi connectivity index (χ0v) is 10.7. The van der Waals surface area contributed by atoms with Gasteiger partial charge in [0.1, 0.15) is 0 Å². The van der Waals surface area contributed by atoms with Gasteiger partial charge in [-0.1, -0.05) is 0 Å². The Morgan fingerprint density at radius 3 is 2.82 bits per heavy atom. The van der Waals surface area contributed by atoms with Crippen LogP contribution in [0.2, 0.25) is 0 Å². The van der Waals surface area contributed by atoms with Crippen LogP contribution in [0.5, 0.6) is 0 Å². The second-order valence-corrected chi connectivity index (χ2v) is 5.18. The summed E-state index contributed by atoms with van der Waals surface area (Å²) >= 11 is 0. The molecule has 0 amide bonds. The summed E-state index contributed by atoms with van der Waals surface area (Å²) in [6, 6.07) is 2.78. The molecule has 2 heterocycles. The zero-order valence-electron chi connectivity index (χ0n) is 10.7. The van der Waals surface area contributed by atoms with Crippen LogP contribution in [-0.4, -0.2) is 50.0 Å². The first-order valence-electron chi connectivity index (χ1n) is 6.55. The molecule has 1 atom stereocenters. The Kier molecular flexibility index (Phi) is 4.38. The number of ether oxygens (including phenoxy) is 2. The third-order valence-corrected chi connectivity index (χ3v) is 4.07. The van der Waals surface area contributed by atoms with E-state index in [0.29, 0.717) is 12.5 Å². The Bertz CT molecular complexity index is 276. The number of hydrogen-bond acceptors (Lipinski definition) is 4. The molecule has 2 aliphatic heterocycles. The van der Waals surface area contributed by atoms with Gasteiger partial charge in [-0.05, 0) is 32.7 Å². The van der Waals surface area contributed by atoms with E-state index in [9.17, 15) is 0 Å². The summed E-state index contributed by atoms with van der Waals surface area (Å²) in [5, 5.41) is 8.64. The van der Waals surface area contributed by atoms with Gasteiger partial charge in [-0.2, -0.15) is 5.26 Å². The predicted molar refractivity (Wildman–Crippen MR) is 64.6 cm³/mol. The second-order valence-electron chi connectivity index (χ2n) is 5.18. The Morgan fingerprint density at radius 1 is 1.35 bits per heavy atom. The Balaban J connectivity index is 1.89. The lowest BCUT2D eigenvalue weighted by Gasteiger charge is -2.45. The van der Waals surface area contributed by atoms with E-state index in [1.54, 1.807) is 0 Å². The molecule has 1 spiro atoms. The normalized spacial score (nSPS) is 28.2. The minimum Gasteiger partial charge on any atom is -0.381 e. The highest BCUT2D eigenvalue weighted by atomic mass is 16.5. The highest BCUT2D eigenvalue weighted by Crippen LogP contribution is 2.35. The molecule has 0 N–H and O–H groups in total. The zero-order chi connectivity index (χ0) is 12.1. The van der Waals surface area contributed by atoms with Crippen molar-refractivity contribution in [1.29, 1.82) is 5.26 Å². The van der Waals surface area contributed by atoms with Crippen molar-refractivity contribution in [3.8, 4) is 6.07 Å². The van der Waals surface area contributed by atoms with Crippen molar-refractivity contribution in [2.45, 2.75) is 43.7 Å². The van der Waals surface area contributed by atoms with Crippen LogP contribution in [0.3, 0.4) is 0 Å². The Hall–Kier alpha value is -0.630. The number of nitriles is 1. The first kappa shape index (κ1) is 12.8. The van der Waals surface area contributed by atoms with Gasteiger partial charge in [0, 0.05) is 38.8 Å². The maximum Gasteiger partial charge on any atom is 0.0741 e. The van der Waals surface area contributed by atoms with Crippen LogP contribution in [0.1, 0.15) is 32.1 Å². The molecule has 0 aromatic carbocycles. The molecule has 0 aliphatic carbocycles. The summed E-state index contributed by atoms with van der Waals surface area (Å²) in [6.45, 7) is 3.37. The molecule has 17 heavy (non-hydrogen) atoms. The van der Waals surface area contributed by atoms with Gasteiger partial charge >= 0.3 is 0 Å². The standard InChI is InChI=1S/C13H22N2O2/c1-15(7-2-6-14)12-3-8-17-13(11-12)4-9-16-10-5-13/h12H,2-5,7-11H2,1H3. The van der Waals surface area contributed by atoms with Gasteiger partial charge in [-0.25, -0.2) is 0 Å². The van der Waals surface area contributed by atoms with Gasteiger partial charge in [0.05, 0.1) is 11.7 Å². The molecule has 0 aromatic rings. The van der Waals surface area contributed by atoms with E-state index in [4.69, 9.17) is 14.7 Å². The van der Waals surface area contributed by atoms with Crippen LogP contribution in [0.25, 0.3) is 0 Å². The van der Waals surface area contributed by atoms with E-state index >= 15 is 0 Å². The Labute approximate surface area is 103 Å². The average molecular weight is 238 g/mol. The summed E-state index contributed by atoms with van der Waals surface area (Å²) < 4.78 is 11.4. The van der Waals surface area contributed by atoms with E-state index in [2.05, 4.69) is 18.0 Å². The van der Waals surface area contributed by atoms with Gasteiger partial charge in [-0.3, -0.25) is 0 Å². The van der Waals surface area contributed by atoms with Crippen LogP contribution in [0, 0.1) is 11.3 Å². The van der Waals surface area contributed by atoms with Gasteiger partial charge < -0.3 is 14.4 Å². The topological polar surface area (TPSA) is 45.5 Å². The first-order chi connectivity index (χ1) is 8.26. The molecular weight excluding hydrogens is 216 g/mol. The van der Waals surface area contributed by atoms with Crippen LogP contribution in [0.4, 0.5) is 0 Å². The van der Waals surface area contributed by atoms with Crippen molar-refractivity contribution >= 4 is 0 Å². The van der Waals surface area contributed by atoms with Crippen molar-refractivity contribution in [3.05, 3.63) is 0 Å². The van der Waals surface area contributed by atoms with Crippen LogP contribution < -0.4 is 0 Å². The summed E-state index contributed by atoms with van der Waals surface area (Å²) in [6.07, 6.45) is 4.85. The maximum atomic E-state index is 8.64. The molecule has 4 heteroatoms. The van der Waals surface area contributed by atoms with Crippen molar-refractivity contribution < 1.29 is 9.47 Å². The SMILES string of the molecule is CN(CCC#N)C1CCOC2(CCOCC2)C1. The second kappa shape index (κ2) is 5.81. The quantitative estimate of drug-likeness (QED) is 0.748. The maximum absolute atomic E-state index is 8.64. The molecule has 0 radical (unpaired) electrons. The van der Waals surface area contributed by atoms with Gasteiger partial charge in [0.2, 0.25) is 0 Å². The summed E-state index contributed by atoms with van der Waals surface area (Å²) in [7, 11) is 2.13. The molecule has 2 saturated heterocycles. The average Bonchev–Trinajstić information content (AvgIpc) is 2.37. The molecule has 1 unspecified atom stereocenters. The van der Waals surface area contributed by atoms with Crippen LogP contribution in [0.15, 0.2) is 0 Å². The monoisotopic (exact) mass is 238 g/mol. The lowest BCUT2D eigenvalue weighted by Crippen LogP contribution is -2.50. The van der Waals surface area contributed by atoms with Gasteiger partial charge in [-0.15, -0.1) is 0 Å². The fraction of sp³-hybridized carbons (Fsp3) is 0.923. The van der Waals surface area contributed by atoms with E-state index in [1.807, 2.05) is 0 Å². The lowest BCUT2D eigenvalue weighted by molar-refractivity contribution is -0.149. The number of nitrogens with zero attached hydrogens (tertiary/aromatic N) is 2. The summed E-state index contributed by atoms with van der Waals surface area (Å²) in [5.41, 5.74) is 0.0576. The van der Waals surface area contributed by atoms with Crippen molar-refractivity contribution in [1.82, 2.24) is 4.90 Å².